The number of hydrogen-bond acceptors (Lipinski definition) is 3. The van der Waals surface area contributed by atoms with Gasteiger partial charge in [0.25, 0.3) is 0 Å². The summed E-state index contributed by atoms with van der Waals surface area (Å²) in [7, 11) is 0. The molecule has 0 aliphatic carbocycles. The van der Waals surface area contributed by atoms with E-state index in [0.717, 1.165) is 36.2 Å². The zero-order valence-corrected chi connectivity index (χ0v) is 12.0. The Bertz CT molecular complexity index is 577. The molecule has 0 radical (unpaired) electrons. The number of benzene rings is 1. The van der Waals surface area contributed by atoms with Crippen LogP contribution in [0.25, 0.3) is 10.9 Å². The molecule has 0 atom stereocenters. The molecule has 0 spiro atoms. The van der Waals surface area contributed by atoms with E-state index in [1.807, 2.05) is 6.20 Å². The molecule has 4 heteroatoms. The topological polar surface area (TPSA) is 28.2 Å². The molecule has 18 heavy (non-hydrogen) atoms. The number of aryl methyl sites for hydroxylation is 1. The first-order valence-electron chi connectivity index (χ1n) is 6.27. The van der Waals surface area contributed by atoms with Gasteiger partial charge in [-0.25, -0.2) is 0 Å². The molecular weight excluding hydrogens is 290 g/mol. The van der Waals surface area contributed by atoms with Gasteiger partial charge >= 0.3 is 0 Å². The molecule has 1 N–H and O–H groups in total. The third-order valence-corrected chi connectivity index (χ3v) is 4.04. The van der Waals surface area contributed by atoms with Crippen LogP contribution in [0.1, 0.15) is 5.56 Å². The minimum Gasteiger partial charge on any atom is -0.367 e. The number of aromatic nitrogens is 1. The summed E-state index contributed by atoms with van der Waals surface area (Å²) in [6.07, 6.45) is 1.92. The number of nitrogens with one attached hydrogen (secondary N) is 1. The molecule has 1 aromatic carbocycles. The Kier molecular flexibility index (Phi) is 3.22. The van der Waals surface area contributed by atoms with Crippen LogP contribution in [0, 0.1) is 6.92 Å². The van der Waals surface area contributed by atoms with Gasteiger partial charge in [0, 0.05) is 37.8 Å². The number of para-hydroxylation sites is 1. The van der Waals surface area contributed by atoms with E-state index >= 15 is 0 Å². The molecule has 1 aliphatic heterocycles. The van der Waals surface area contributed by atoms with Gasteiger partial charge in [-0.1, -0.05) is 18.2 Å². The number of anilines is 1. The molecule has 3 rings (SSSR count). The van der Waals surface area contributed by atoms with Crippen LogP contribution in [-0.2, 0) is 0 Å². The van der Waals surface area contributed by atoms with Gasteiger partial charge in [-0.15, -0.1) is 0 Å². The number of hydrogen-bond donors (Lipinski definition) is 1. The Morgan fingerprint density at radius 3 is 2.83 bits per heavy atom. The third-order valence-electron chi connectivity index (χ3n) is 3.46. The van der Waals surface area contributed by atoms with Gasteiger partial charge in [-0.05, 0) is 28.4 Å². The fourth-order valence-electron chi connectivity index (χ4n) is 2.54. The maximum absolute atomic E-state index is 4.55. The molecule has 0 unspecified atom stereocenters. The third kappa shape index (κ3) is 1.99. The van der Waals surface area contributed by atoms with Crippen LogP contribution in [0.3, 0.4) is 0 Å². The maximum atomic E-state index is 4.55. The zero-order valence-electron chi connectivity index (χ0n) is 10.4. The van der Waals surface area contributed by atoms with Crippen molar-refractivity contribution in [2.24, 2.45) is 0 Å². The van der Waals surface area contributed by atoms with E-state index in [0.29, 0.717) is 0 Å². The highest BCUT2D eigenvalue weighted by molar-refractivity contribution is 9.10. The summed E-state index contributed by atoms with van der Waals surface area (Å²) < 4.78 is 1.09. The lowest BCUT2D eigenvalue weighted by molar-refractivity contribution is 0.589. The van der Waals surface area contributed by atoms with Crippen LogP contribution < -0.4 is 10.2 Å². The summed E-state index contributed by atoms with van der Waals surface area (Å²) >= 11 is 3.65. The van der Waals surface area contributed by atoms with Gasteiger partial charge < -0.3 is 10.2 Å². The first kappa shape index (κ1) is 11.9. The molecule has 0 saturated carbocycles. The molecule has 1 fully saturated rings. The Labute approximate surface area is 115 Å². The smallest absolute Gasteiger partial charge is 0.0752 e. The van der Waals surface area contributed by atoms with Crippen molar-refractivity contribution in [3.05, 3.63) is 34.4 Å². The first-order valence-corrected chi connectivity index (χ1v) is 7.06. The first-order chi connectivity index (χ1) is 8.77. The summed E-state index contributed by atoms with van der Waals surface area (Å²) in [6, 6.07) is 6.39. The van der Waals surface area contributed by atoms with Crippen LogP contribution in [0.2, 0.25) is 0 Å². The number of piperazine rings is 1. The van der Waals surface area contributed by atoms with Gasteiger partial charge in [0.05, 0.1) is 15.7 Å². The minimum atomic E-state index is 1.04. The summed E-state index contributed by atoms with van der Waals surface area (Å²) in [4.78, 5) is 6.98. The highest BCUT2D eigenvalue weighted by Gasteiger charge is 2.17. The van der Waals surface area contributed by atoms with Crippen molar-refractivity contribution in [2.75, 3.05) is 31.1 Å². The molecule has 0 amide bonds. The highest BCUT2D eigenvalue weighted by Crippen LogP contribution is 2.34. The van der Waals surface area contributed by atoms with E-state index in [-0.39, 0.29) is 0 Å². The Morgan fingerprint density at radius 2 is 2.06 bits per heavy atom. The summed E-state index contributed by atoms with van der Waals surface area (Å²) in [5.74, 6) is 0. The monoisotopic (exact) mass is 305 g/mol. The molecule has 94 valence electrons. The second kappa shape index (κ2) is 4.86. The average molecular weight is 306 g/mol. The summed E-state index contributed by atoms with van der Waals surface area (Å²) in [5, 5.41) is 4.63. The van der Waals surface area contributed by atoms with Crippen molar-refractivity contribution in [3.63, 3.8) is 0 Å². The number of pyridine rings is 1. The van der Waals surface area contributed by atoms with Gasteiger partial charge in [0.1, 0.15) is 0 Å². The molecule has 2 heterocycles. The van der Waals surface area contributed by atoms with Gasteiger partial charge in [0.2, 0.25) is 0 Å². The van der Waals surface area contributed by atoms with Crippen LogP contribution in [0.4, 0.5) is 5.69 Å². The van der Waals surface area contributed by atoms with Crippen LogP contribution in [0.15, 0.2) is 28.9 Å². The predicted octanol–water partition coefficient (Wildman–Crippen LogP) is 2.72. The van der Waals surface area contributed by atoms with Crippen molar-refractivity contribution in [1.29, 1.82) is 0 Å². The van der Waals surface area contributed by atoms with Crippen molar-refractivity contribution >= 4 is 32.5 Å². The lowest BCUT2D eigenvalue weighted by atomic mass is 10.1. The molecule has 1 aliphatic rings. The molecule has 2 aromatic rings. The van der Waals surface area contributed by atoms with Crippen LogP contribution >= 0.6 is 15.9 Å². The summed E-state index contributed by atoms with van der Waals surface area (Å²) in [6.45, 7) is 6.30. The number of rotatable bonds is 1. The van der Waals surface area contributed by atoms with E-state index in [4.69, 9.17) is 0 Å². The fourth-order valence-corrected chi connectivity index (χ4v) is 3.11. The number of fused-ring (bicyclic) bond motifs is 1. The highest BCUT2D eigenvalue weighted by atomic mass is 79.9. The van der Waals surface area contributed by atoms with E-state index < -0.39 is 0 Å². The van der Waals surface area contributed by atoms with E-state index in [1.165, 1.54) is 16.6 Å². The van der Waals surface area contributed by atoms with E-state index in [9.17, 15) is 0 Å². The average Bonchev–Trinajstić information content (AvgIpc) is 2.40. The number of halogens is 1. The largest absolute Gasteiger partial charge is 0.367 e. The summed E-state index contributed by atoms with van der Waals surface area (Å²) in [5.41, 5.74) is 3.62. The van der Waals surface area contributed by atoms with Gasteiger partial charge in [-0.2, -0.15) is 0 Å². The molecule has 3 nitrogen and oxygen atoms in total. The second-order valence-electron chi connectivity index (χ2n) is 4.66. The zero-order chi connectivity index (χ0) is 12.5. The second-order valence-corrected chi connectivity index (χ2v) is 5.52. The van der Waals surface area contributed by atoms with Gasteiger partial charge in [-0.3, -0.25) is 4.98 Å². The molecule has 1 saturated heterocycles. The normalized spacial score (nSPS) is 16.2. The van der Waals surface area contributed by atoms with Crippen molar-refractivity contribution in [2.45, 2.75) is 6.92 Å². The molecule has 1 aromatic heterocycles. The Balaban J connectivity index is 2.19. The molecule has 0 bridgehead atoms. The molecular formula is C14H16BrN3. The standard InChI is InChI=1S/C14H16BrN3/c1-10-3-2-4-11-13(10)17-9-12(15)14(11)18-7-5-16-6-8-18/h2-4,9,16H,5-8H2,1H3. The van der Waals surface area contributed by atoms with E-state index in [2.05, 4.69) is 56.3 Å². The van der Waals surface area contributed by atoms with Crippen molar-refractivity contribution in [1.82, 2.24) is 10.3 Å². The van der Waals surface area contributed by atoms with Crippen molar-refractivity contribution in [3.8, 4) is 0 Å². The van der Waals surface area contributed by atoms with Crippen LogP contribution in [-0.4, -0.2) is 31.2 Å². The Hall–Kier alpha value is -1.13. The maximum Gasteiger partial charge on any atom is 0.0752 e. The quantitative estimate of drug-likeness (QED) is 0.878. The van der Waals surface area contributed by atoms with Gasteiger partial charge in [0.15, 0.2) is 0 Å². The lowest BCUT2D eigenvalue weighted by Crippen LogP contribution is -2.43. The fraction of sp³-hybridized carbons (Fsp3) is 0.357. The van der Waals surface area contributed by atoms with E-state index in [1.54, 1.807) is 0 Å². The number of nitrogens with zero attached hydrogens (tertiary/aromatic N) is 2. The SMILES string of the molecule is Cc1cccc2c(N3CCNCC3)c(Br)cnc12. The Morgan fingerprint density at radius 1 is 1.28 bits per heavy atom. The van der Waals surface area contributed by atoms with Crippen molar-refractivity contribution < 1.29 is 0 Å². The lowest BCUT2D eigenvalue weighted by Gasteiger charge is -2.31. The predicted molar refractivity (Wildman–Crippen MR) is 79.3 cm³/mol. The van der Waals surface area contributed by atoms with Crippen LogP contribution in [0.5, 0.6) is 0 Å². The minimum absolute atomic E-state index is 1.04.